The first-order chi connectivity index (χ1) is 21.8. The number of pyridine rings is 4. The van der Waals surface area contributed by atoms with Crippen LogP contribution < -0.4 is 0 Å². The Hall–Kier alpha value is -4.78. The van der Waals surface area contributed by atoms with Crippen molar-refractivity contribution >= 4 is 65.2 Å². The molecule has 0 bridgehead atoms. The van der Waals surface area contributed by atoms with E-state index in [4.69, 9.17) is 19.9 Å². The summed E-state index contributed by atoms with van der Waals surface area (Å²) in [4.78, 5) is 19.5. The van der Waals surface area contributed by atoms with Crippen LogP contribution in [-0.2, 0) is 0 Å². The predicted octanol–water partition coefficient (Wildman–Crippen LogP) is 10.1. The fourth-order valence-electron chi connectivity index (χ4n) is 6.01. The van der Waals surface area contributed by atoms with E-state index in [-0.39, 0.29) is 10.5 Å². The summed E-state index contributed by atoms with van der Waals surface area (Å²) in [5.41, 5.74) is 8.73. The Bertz CT molecular complexity index is 1940. The first-order valence-corrected chi connectivity index (χ1v) is 16.8. The molecule has 0 aliphatic heterocycles. The molecule has 0 saturated heterocycles. The molecule has 0 amide bonds. The molecule has 44 heavy (non-hydrogen) atoms. The number of nitrogens with zero attached hydrogens (tertiary/aromatic N) is 4. The molecule has 4 nitrogen and oxygen atoms in total. The third kappa shape index (κ3) is 4.86. The second-order valence-corrected chi connectivity index (χ2v) is 13.1. The van der Waals surface area contributed by atoms with Crippen LogP contribution in [0.25, 0.3) is 43.6 Å². The molecule has 0 aliphatic rings. The highest BCUT2D eigenvalue weighted by atomic mass is 33.1. The Morgan fingerprint density at radius 2 is 0.568 bits per heavy atom. The molecule has 4 aromatic carbocycles. The molecule has 0 spiro atoms. The predicted molar refractivity (Wildman–Crippen MR) is 186 cm³/mol. The quantitative estimate of drug-likeness (QED) is 0.169. The van der Waals surface area contributed by atoms with E-state index in [1.54, 1.807) is 0 Å². The van der Waals surface area contributed by atoms with Gasteiger partial charge in [0.05, 0.1) is 32.6 Å². The van der Waals surface area contributed by atoms with Crippen LogP contribution in [0, 0.1) is 0 Å². The van der Waals surface area contributed by atoms with Gasteiger partial charge in [0, 0.05) is 46.3 Å². The van der Waals surface area contributed by atoms with Crippen molar-refractivity contribution in [2.75, 3.05) is 0 Å². The molecule has 0 N–H and O–H groups in total. The first-order valence-electron chi connectivity index (χ1n) is 14.5. The fourth-order valence-corrected chi connectivity index (χ4v) is 9.32. The summed E-state index contributed by atoms with van der Waals surface area (Å²) in [6.45, 7) is 0. The van der Waals surface area contributed by atoms with Crippen LogP contribution >= 0.6 is 21.6 Å². The van der Waals surface area contributed by atoms with Gasteiger partial charge in [0.15, 0.2) is 0 Å². The van der Waals surface area contributed by atoms with E-state index in [1.807, 2.05) is 70.6 Å². The average Bonchev–Trinajstić information content (AvgIpc) is 3.10. The Morgan fingerprint density at radius 3 is 0.841 bits per heavy atom. The number of rotatable bonds is 7. The van der Waals surface area contributed by atoms with Gasteiger partial charge in [-0.2, -0.15) is 0 Å². The van der Waals surface area contributed by atoms with Gasteiger partial charge in [-0.1, -0.05) is 119 Å². The SMILES string of the molecule is c1cnc2c(C(SSC(c3cccc4cccnc34)c3cccc4cccnc34)c3cccc4cccnc34)cccc2c1. The maximum atomic E-state index is 4.87. The zero-order valence-electron chi connectivity index (χ0n) is 23.6. The lowest BCUT2D eigenvalue weighted by Crippen LogP contribution is -2.03. The van der Waals surface area contributed by atoms with Crippen molar-refractivity contribution in [3.63, 3.8) is 0 Å². The van der Waals surface area contributed by atoms with Crippen molar-refractivity contribution in [1.29, 1.82) is 0 Å². The largest absolute Gasteiger partial charge is 0.256 e. The normalized spacial score (nSPS) is 11.8. The van der Waals surface area contributed by atoms with Crippen LogP contribution in [0.1, 0.15) is 32.8 Å². The number of fused-ring (bicyclic) bond motifs is 4. The highest BCUT2D eigenvalue weighted by molar-refractivity contribution is 8.76. The fraction of sp³-hybridized carbons (Fsp3) is 0.0526. The van der Waals surface area contributed by atoms with Gasteiger partial charge in [0.2, 0.25) is 0 Å². The number of hydrogen-bond donors (Lipinski definition) is 0. The van der Waals surface area contributed by atoms with Gasteiger partial charge < -0.3 is 0 Å². The maximum absolute atomic E-state index is 4.87. The van der Waals surface area contributed by atoms with Crippen molar-refractivity contribution < 1.29 is 0 Å². The summed E-state index contributed by atoms with van der Waals surface area (Å²) in [5, 5.41) is 4.43. The number of aromatic nitrogens is 4. The molecule has 0 atom stereocenters. The van der Waals surface area contributed by atoms with Crippen molar-refractivity contribution in [3.05, 3.63) is 168 Å². The van der Waals surface area contributed by atoms with E-state index >= 15 is 0 Å². The molecule has 0 saturated carbocycles. The van der Waals surface area contributed by atoms with E-state index in [0.717, 1.165) is 43.6 Å². The Morgan fingerprint density at radius 1 is 0.318 bits per heavy atom. The van der Waals surface area contributed by atoms with Gasteiger partial charge in [0.1, 0.15) is 0 Å². The van der Waals surface area contributed by atoms with Crippen LogP contribution in [0.3, 0.4) is 0 Å². The molecule has 8 rings (SSSR count). The highest BCUT2D eigenvalue weighted by Crippen LogP contribution is 2.54. The standard InChI is InChI=1S/C38H26N4S2/c1-9-25-13-5-21-39-33(25)29(17-1)37(30-18-2-10-26-14-6-22-40-34(26)30)43-44-38(31-19-3-11-27-15-7-23-41-35(27)31)32-20-4-12-28-16-8-24-42-36(28)32/h1-24,37-38H. The Balaban J connectivity index is 1.32. The molecule has 4 heterocycles. The lowest BCUT2D eigenvalue weighted by atomic mass is 9.99. The monoisotopic (exact) mass is 602 g/mol. The third-order valence-corrected chi connectivity index (χ3v) is 11.0. The second kappa shape index (κ2) is 11.7. The molecule has 6 heteroatoms. The van der Waals surface area contributed by atoms with Crippen molar-refractivity contribution in [2.45, 2.75) is 10.5 Å². The van der Waals surface area contributed by atoms with Crippen LogP contribution in [0.5, 0.6) is 0 Å². The summed E-state index contributed by atoms with van der Waals surface area (Å²) in [6, 6.07) is 42.5. The molecule has 0 aliphatic carbocycles. The lowest BCUT2D eigenvalue weighted by Gasteiger charge is -2.24. The van der Waals surface area contributed by atoms with Crippen molar-refractivity contribution in [2.24, 2.45) is 0 Å². The van der Waals surface area contributed by atoms with E-state index in [0.29, 0.717) is 0 Å². The molecule has 4 aromatic heterocycles. The van der Waals surface area contributed by atoms with Crippen LogP contribution in [0.2, 0.25) is 0 Å². The minimum absolute atomic E-state index is 0.0365. The average molecular weight is 603 g/mol. The minimum Gasteiger partial charge on any atom is -0.256 e. The Kier molecular flexibility index (Phi) is 7.14. The molecular formula is C38H26N4S2. The van der Waals surface area contributed by atoms with Crippen LogP contribution in [0.15, 0.2) is 146 Å². The molecule has 0 unspecified atom stereocenters. The Labute approximate surface area is 263 Å². The molecule has 0 radical (unpaired) electrons. The minimum atomic E-state index is -0.0365. The van der Waals surface area contributed by atoms with Gasteiger partial charge in [-0.3, -0.25) is 19.9 Å². The summed E-state index contributed by atoms with van der Waals surface area (Å²) < 4.78 is 0. The van der Waals surface area contributed by atoms with Crippen LogP contribution in [0.4, 0.5) is 0 Å². The smallest absolute Gasteiger partial charge is 0.0748 e. The zero-order chi connectivity index (χ0) is 29.3. The maximum Gasteiger partial charge on any atom is 0.0748 e. The van der Waals surface area contributed by atoms with Crippen LogP contribution in [-0.4, -0.2) is 19.9 Å². The summed E-state index contributed by atoms with van der Waals surface area (Å²) in [7, 11) is 3.71. The summed E-state index contributed by atoms with van der Waals surface area (Å²) in [6.07, 6.45) is 7.53. The van der Waals surface area contributed by atoms with E-state index in [1.165, 1.54) is 22.3 Å². The molecule has 210 valence electrons. The number of benzene rings is 4. The van der Waals surface area contributed by atoms with Gasteiger partial charge in [0.25, 0.3) is 0 Å². The van der Waals surface area contributed by atoms with E-state index in [9.17, 15) is 0 Å². The first kappa shape index (κ1) is 26.8. The second-order valence-electron chi connectivity index (χ2n) is 10.6. The molecular weight excluding hydrogens is 577 g/mol. The number of para-hydroxylation sites is 4. The molecule has 0 fully saturated rings. The van der Waals surface area contributed by atoms with Gasteiger partial charge in [-0.05, 0) is 46.5 Å². The van der Waals surface area contributed by atoms with E-state index in [2.05, 4.69) is 97.1 Å². The number of hydrogen-bond acceptors (Lipinski definition) is 6. The van der Waals surface area contributed by atoms with Crippen molar-refractivity contribution in [1.82, 2.24) is 19.9 Å². The van der Waals surface area contributed by atoms with Gasteiger partial charge in [-0.15, -0.1) is 0 Å². The van der Waals surface area contributed by atoms with Crippen molar-refractivity contribution in [3.8, 4) is 0 Å². The summed E-state index contributed by atoms with van der Waals surface area (Å²) >= 11 is 0. The molecule has 8 aromatic rings. The topological polar surface area (TPSA) is 51.6 Å². The third-order valence-electron chi connectivity index (χ3n) is 8.03. The van der Waals surface area contributed by atoms with Gasteiger partial charge in [-0.25, -0.2) is 0 Å². The van der Waals surface area contributed by atoms with Gasteiger partial charge >= 0.3 is 0 Å². The van der Waals surface area contributed by atoms with E-state index < -0.39 is 0 Å². The highest BCUT2D eigenvalue weighted by Gasteiger charge is 2.27. The summed E-state index contributed by atoms with van der Waals surface area (Å²) in [5.74, 6) is 0. The lowest BCUT2D eigenvalue weighted by molar-refractivity contribution is 1.16. The zero-order valence-corrected chi connectivity index (χ0v) is 25.2.